The molecule has 2 N–H and O–H groups in total. The van der Waals surface area contributed by atoms with E-state index >= 15 is 0 Å². The van der Waals surface area contributed by atoms with Crippen molar-refractivity contribution in [3.8, 4) is 0 Å². The molecule has 3 nitrogen and oxygen atoms in total. The normalized spacial score (nSPS) is 16.0. The number of aliphatic hydroxyl groups is 1. The van der Waals surface area contributed by atoms with Crippen molar-refractivity contribution in [1.82, 2.24) is 5.32 Å². The minimum Gasteiger partial charge on any atom is -0.464 e. The van der Waals surface area contributed by atoms with Crippen LogP contribution in [-0.2, 0) is 5.60 Å². The number of furan rings is 1. The standard InChI is InChI=1S/C17H24FNO2/c1-3-5-6-16(19-4-2)17(20,12-18)14-8-7-13-9-10-21-15(13)11-14/h7-11,16,19-20H,3-6,12H2,1-2H3. The Labute approximate surface area is 125 Å². The van der Waals surface area contributed by atoms with Gasteiger partial charge in [-0.3, -0.25) is 0 Å². The predicted octanol–water partition coefficient (Wildman–Crippen LogP) is 3.76. The van der Waals surface area contributed by atoms with Gasteiger partial charge in [-0.05, 0) is 30.7 Å². The van der Waals surface area contributed by atoms with Gasteiger partial charge in [-0.1, -0.05) is 38.8 Å². The third kappa shape index (κ3) is 3.27. The Kier molecular flexibility index (Phi) is 5.37. The molecule has 1 aromatic heterocycles. The van der Waals surface area contributed by atoms with Crippen LogP contribution in [0.4, 0.5) is 4.39 Å². The van der Waals surface area contributed by atoms with E-state index in [-0.39, 0.29) is 6.04 Å². The molecule has 1 heterocycles. The molecule has 2 atom stereocenters. The number of hydrogen-bond donors (Lipinski definition) is 2. The average molecular weight is 293 g/mol. The second-order valence-electron chi connectivity index (χ2n) is 5.48. The number of fused-ring (bicyclic) bond motifs is 1. The molecule has 0 aliphatic rings. The molecule has 4 heteroatoms. The molecule has 0 amide bonds. The fraction of sp³-hybridized carbons (Fsp3) is 0.529. The zero-order chi connectivity index (χ0) is 15.3. The summed E-state index contributed by atoms with van der Waals surface area (Å²) in [5.74, 6) is 0. The lowest BCUT2D eigenvalue weighted by molar-refractivity contribution is -0.0276. The van der Waals surface area contributed by atoms with E-state index in [9.17, 15) is 9.50 Å². The second-order valence-corrected chi connectivity index (χ2v) is 5.48. The number of benzene rings is 1. The van der Waals surface area contributed by atoms with Crippen LogP contribution in [0.2, 0.25) is 0 Å². The van der Waals surface area contributed by atoms with Crippen LogP contribution in [0, 0.1) is 0 Å². The molecule has 0 fully saturated rings. The molecule has 1 aromatic carbocycles. The minimum atomic E-state index is -1.52. The number of rotatable bonds is 8. The highest BCUT2D eigenvalue weighted by atomic mass is 19.1. The Morgan fingerprint density at radius 1 is 1.33 bits per heavy atom. The lowest BCUT2D eigenvalue weighted by atomic mass is 9.84. The largest absolute Gasteiger partial charge is 0.464 e. The Morgan fingerprint density at radius 2 is 2.14 bits per heavy atom. The summed E-state index contributed by atoms with van der Waals surface area (Å²) < 4.78 is 19.1. The van der Waals surface area contributed by atoms with E-state index in [0.717, 1.165) is 24.6 Å². The topological polar surface area (TPSA) is 45.4 Å². The maximum absolute atomic E-state index is 13.7. The highest BCUT2D eigenvalue weighted by molar-refractivity contribution is 5.77. The van der Waals surface area contributed by atoms with Crippen molar-refractivity contribution in [3.05, 3.63) is 36.1 Å². The van der Waals surface area contributed by atoms with E-state index in [0.29, 0.717) is 17.7 Å². The van der Waals surface area contributed by atoms with E-state index in [1.165, 1.54) is 0 Å². The van der Waals surface area contributed by atoms with Gasteiger partial charge >= 0.3 is 0 Å². The third-order valence-electron chi connectivity index (χ3n) is 4.03. The van der Waals surface area contributed by atoms with Crippen LogP contribution in [0.3, 0.4) is 0 Å². The van der Waals surface area contributed by atoms with Crippen molar-refractivity contribution in [2.45, 2.75) is 44.8 Å². The fourth-order valence-corrected chi connectivity index (χ4v) is 2.76. The van der Waals surface area contributed by atoms with Gasteiger partial charge < -0.3 is 14.8 Å². The first-order valence-electron chi connectivity index (χ1n) is 7.65. The first-order chi connectivity index (χ1) is 10.2. The molecule has 116 valence electrons. The van der Waals surface area contributed by atoms with E-state index in [4.69, 9.17) is 4.42 Å². The Hall–Kier alpha value is -1.39. The maximum Gasteiger partial charge on any atom is 0.134 e. The van der Waals surface area contributed by atoms with E-state index in [1.54, 1.807) is 18.4 Å². The van der Waals surface area contributed by atoms with Gasteiger partial charge in [0.1, 0.15) is 17.9 Å². The summed E-state index contributed by atoms with van der Waals surface area (Å²) in [6.45, 7) is 3.93. The Balaban J connectivity index is 2.35. The Morgan fingerprint density at radius 3 is 2.81 bits per heavy atom. The van der Waals surface area contributed by atoms with Crippen molar-refractivity contribution in [3.63, 3.8) is 0 Å². The van der Waals surface area contributed by atoms with Crippen LogP contribution in [0.25, 0.3) is 11.0 Å². The summed E-state index contributed by atoms with van der Waals surface area (Å²) >= 11 is 0. The van der Waals surface area contributed by atoms with Crippen LogP contribution >= 0.6 is 0 Å². The van der Waals surface area contributed by atoms with Gasteiger partial charge in [0.2, 0.25) is 0 Å². The molecule has 2 unspecified atom stereocenters. The van der Waals surface area contributed by atoms with Gasteiger partial charge in [0.05, 0.1) is 6.26 Å². The van der Waals surface area contributed by atoms with E-state index in [2.05, 4.69) is 12.2 Å². The molecule has 0 bridgehead atoms. The lowest BCUT2D eigenvalue weighted by Gasteiger charge is -2.35. The molecule has 0 radical (unpaired) electrons. The van der Waals surface area contributed by atoms with Gasteiger partial charge in [0.25, 0.3) is 0 Å². The number of likely N-dealkylation sites (N-methyl/N-ethyl adjacent to an activating group) is 1. The number of hydrogen-bond acceptors (Lipinski definition) is 3. The molecule has 0 aliphatic carbocycles. The third-order valence-corrected chi connectivity index (χ3v) is 4.03. The SMILES string of the molecule is CCCCC(NCC)C(O)(CF)c1ccc2ccoc2c1. The number of unbranched alkanes of at least 4 members (excludes halogenated alkanes) is 1. The maximum atomic E-state index is 13.7. The summed E-state index contributed by atoms with van der Waals surface area (Å²) in [6, 6.07) is 6.93. The quantitative estimate of drug-likeness (QED) is 0.779. The van der Waals surface area contributed by atoms with Gasteiger partial charge in [-0.2, -0.15) is 0 Å². The van der Waals surface area contributed by atoms with Gasteiger partial charge in [-0.15, -0.1) is 0 Å². The zero-order valence-electron chi connectivity index (χ0n) is 12.7. The van der Waals surface area contributed by atoms with Crippen molar-refractivity contribution in [1.29, 1.82) is 0 Å². The second kappa shape index (κ2) is 7.05. The first kappa shape index (κ1) is 16.0. The van der Waals surface area contributed by atoms with Crippen LogP contribution in [0.15, 0.2) is 34.9 Å². The molecule has 0 aliphatic heterocycles. The van der Waals surface area contributed by atoms with E-state index in [1.807, 2.05) is 19.1 Å². The minimum absolute atomic E-state index is 0.306. The van der Waals surface area contributed by atoms with E-state index < -0.39 is 12.3 Å². The van der Waals surface area contributed by atoms with Crippen molar-refractivity contribution in [2.75, 3.05) is 13.2 Å². The summed E-state index contributed by atoms with van der Waals surface area (Å²) in [7, 11) is 0. The fourth-order valence-electron chi connectivity index (χ4n) is 2.76. The molecule has 2 aromatic rings. The lowest BCUT2D eigenvalue weighted by Crippen LogP contribution is -2.50. The zero-order valence-corrected chi connectivity index (χ0v) is 12.7. The molecule has 0 spiro atoms. The summed E-state index contributed by atoms with van der Waals surface area (Å²) in [5.41, 5.74) is -0.286. The van der Waals surface area contributed by atoms with Crippen molar-refractivity contribution in [2.24, 2.45) is 0 Å². The monoisotopic (exact) mass is 293 g/mol. The van der Waals surface area contributed by atoms with Gasteiger partial charge in [0.15, 0.2) is 0 Å². The van der Waals surface area contributed by atoms with Crippen LogP contribution in [-0.4, -0.2) is 24.4 Å². The van der Waals surface area contributed by atoms with Gasteiger partial charge in [0, 0.05) is 11.4 Å². The number of halogens is 1. The van der Waals surface area contributed by atoms with Crippen molar-refractivity contribution >= 4 is 11.0 Å². The van der Waals surface area contributed by atoms with Crippen LogP contribution in [0.1, 0.15) is 38.7 Å². The highest BCUT2D eigenvalue weighted by Gasteiger charge is 2.38. The number of nitrogens with one attached hydrogen (secondary N) is 1. The summed E-state index contributed by atoms with van der Waals surface area (Å²) in [5, 5.41) is 15.1. The molecule has 0 saturated carbocycles. The first-order valence-corrected chi connectivity index (χ1v) is 7.65. The molecular formula is C17H24FNO2. The van der Waals surface area contributed by atoms with Crippen LogP contribution < -0.4 is 5.32 Å². The smallest absolute Gasteiger partial charge is 0.134 e. The van der Waals surface area contributed by atoms with Crippen LogP contribution in [0.5, 0.6) is 0 Å². The molecule has 2 rings (SSSR count). The average Bonchev–Trinajstić information content (AvgIpc) is 2.98. The molecule has 21 heavy (non-hydrogen) atoms. The number of alkyl halides is 1. The van der Waals surface area contributed by atoms with Crippen molar-refractivity contribution < 1.29 is 13.9 Å². The summed E-state index contributed by atoms with van der Waals surface area (Å²) in [4.78, 5) is 0. The summed E-state index contributed by atoms with van der Waals surface area (Å²) in [6.07, 6.45) is 4.30. The highest BCUT2D eigenvalue weighted by Crippen LogP contribution is 2.31. The molecule has 0 saturated heterocycles. The molecular weight excluding hydrogens is 269 g/mol. The predicted molar refractivity (Wildman–Crippen MR) is 83.1 cm³/mol. The Bertz CT molecular complexity index is 569. The van der Waals surface area contributed by atoms with Gasteiger partial charge in [-0.25, -0.2) is 4.39 Å².